The molecule has 0 aromatic heterocycles. The minimum atomic E-state index is -6.11. The number of rotatable bonds is 0. The maximum atomic E-state index is 8.64. The van der Waals surface area contributed by atoms with Crippen LogP contribution in [0, 0.1) is 0 Å². The standard InChI is InChI=1S/4O.Re. The Balaban J connectivity index is 6.05. The molecule has 31 valence electrons. The van der Waals surface area contributed by atoms with Crippen molar-refractivity contribution in [1.82, 2.24) is 0 Å². The predicted octanol–water partition coefficient (Wildman–Crippen LogP) is -0.478. The van der Waals surface area contributed by atoms with E-state index in [1.807, 2.05) is 0 Å². The molecule has 0 N–H and O–H groups in total. The predicted molar refractivity (Wildman–Crippen MR) is 2.75 cm³/mol. The third-order valence-electron chi connectivity index (χ3n) is 0. The minimum absolute atomic E-state index is 6.11. The summed E-state index contributed by atoms with van der Waals surface area (Å²) in [5, 5.41) is 0. The van der Waals surface area contributed by atoms with Gasteiger partial charge >= 0.3 is 29.2 Å². The summed E-state index contributed by atoms with van der Waals surface area (Å²) in [6.07, 6.45) is 0. The van der Waals surface area contributed by atoms with E-state index >= 15 is 0 Å². The molecule has 0 aliphatic heterocycles. The Labute approximate surface area is 30.0 Å². The molecule has 0 saturated carbocycles. The second-order valence-electron chi connectivity index (χ2n) is 0.378. The Hall–Kier alpha value is -0.138. The van der Waals surface area contributed by atoms with Crippen LogP contribution in [0.25, 0.3) is 0 Å². The zero-order valence-corrected chi connectivity index (χ0v) is 4.73. The van der Waals surface area contributed by atoms with Gasteiger partial charge in [0, 0.05) is 0 Å². The van der Waals surface area contributed by atoms with E-state index in [1.165, 1.54) is 0 Å². The fourth-order valence-electron chi connectivity index (χ4n) is 0. The van der Waals surface area contributed by atoms with Gasteiger partial charge in [-0.1, -0.05) is 0 Å². The van der Waals surface area contributed by atoms with Crippen molar-refractivity contribution in [3.05, 3.63) is 0 Å². The van der Waals surface area contributed by atoms with Gasteiger partial charge in [-0.25, -0.2) is 0 Å². The van der Waals surface area contributed by atoms with Crippen molar-refractivity contribution < 1.29 is 29.2 Å². The zero-order chi connectivity index (χ0) is 4.50. The molecule has 0 heterocycles. The fraction of sp³-hybridized carbons (Fsp3) is 0. The molecule has 0 aromatic rings. The van der Waals surface area contributed by atoms with Crippen molar-refractivity contribution in [3.8, 4) is 0 Å². The van der Waals surface area contributed by atoms with E-state index in [-0.39, 0.29) is 0 Å². The van der Waals surface area contributed by atoms with Gasteiger partial charge in [-0.3, -0.25) is 0 Å². The van der Waals surface area contributed by atoms with Crippen LogP contribution in [-0.2, 0) is 29.2 Å². The molecule has 4 nitrogen and oxygen atoms in total. The Morgan fingerprint density at radius 3 is 0.800 bits per heavy atom. The van der Waals surface area contributed by atoms with Gasteiger partial charge in [0.1, 0.15) is 0 Å². The number of hydrogen-bond acceptors (Lipinski definition) is 4. The van der Waals surface area contributed by atoms with Crippen LogP contribution in [0.2, 0.25) is 0 Å². The first-order valence-electron chi connectivity index (χ1n) is 0.617. The van der Waals surface area contributed by atoms with Crippen LogP contribution in [0.3, 0.4) is 0 Å². The Kier molecular flexibility index (Phi) is 0.895. The Morgan fingerprint density at radius 1 is 0.800 bits per heavy atom. The van der Waals surface area contributed by atoms with Gasteiger partial charge in [0.25, 0.3) is 0 Å². The summed E-state index contributed by atoms with van der Waals surface area (Å²) in [7, 11) is 0. The molecule has 0 atom stereocenters. The molecule has 5 heteroatoms. The molecule has 0 radical (unpaired) electrons. The summed E-state index contributed by atoms with van der Waals surface area (Å²) < 4.78 is 34.6. The normalized spacial score (nSPS) is 11.2. The van der Waals surface area contributed by atoms with Crippen molar-refractivity contribution in [1.29, 1.82) is 0 Å². The first-order valence-corrected chi connectivity index (χ1v) is 5.05. The summed E-state index contributed by atoms with van der Waals surface area (Å²) in [6.45, 7) is 0. The molecule has 0 unspecified atom stereocenters. The van der Waals surface area contributed by atoms with Crippen molar-refractivity contribution in [3.63, 3.8) is 0 Å². The molecular formula is O4Re. The van der Waals surface area contributed by atoms with E-state index in [2.05, 4.69) is 0 Å². The van der Waals surface area contributed by atoms with E-state index in [9.17, 15) is 0 Å². The van der Waals surface area contributed by atoms with Crippen LogP contribution in [0.15, 0.2) is 0 Å². The van der Waals surface area contributed by atoms with Crippen LogP contribution >= 0.6 is 0 Å². The molecule has 0 bridgehead atoms. The maximum absolute atomic E-state index is 8.64. The van der Waals surface area contributed by atoms with Gasteiger partial charge in [0.2, 0.25) is 0 Å². The second-order valence-corrected chi connectivity index (χ2v) is 3.09. The first kappa shape index (κ1) is 4.86. The molecule has 0 aliphatic carbocycles. The molecular weight excluding hydrogens is 250 g/mol. The monoisotopic (exact) mass is 251 g/mol. The summed E-state index contributed by atoms with van der Waals surface area (Å²) in [4.78, 5) is 0. The molecule has 0 amide bonds. The van der Waals surface area contributed by atoms with E-state index in [0.717, 1.165) is 0 Å². The van der Waals surface area contributed by atoms with Crippen LogP contribution in [-0.4, -0.2) is 0 Å². The average Bonchev–Trinajstić information content (AvgIpc) is 0.722. The van der Waals surface area contributed by atoms with Gasteiger partial charge in [-0.2, -0.15) is 0 Å². The summed E-state index contributed by atoms with van der Waals surface area (Å²) in [5.41, 5.74) is 0. The average molecular weight is 250 g/mol. The molecule has 0 rings (SSSR count). The third-order valence-corrected chi connectivity index (χ3v) is 0. The van der Waals surface area contributed by atoms with Gasteiger partial charge in [0.15, 0.2) is 0 Å². The number of hydrogen-bond donors (Lipinski definition) is 0. The van der Waals surface area contributed by atoms with E-state index in [1.54, 1.807) is 0 Å². The molecule has 0 spiro atoms. The van der Waals surface area contributed by atoms with Crippen molar-refractivity contribution >= 4 is 0 Å². The Bertz CT molecular complexity index is 155. The quantitative estimate of drug-likeness (QED) is 0.582. The van der Waals surface area contributed by atoms with Crippen molar-refractivity contribution in [2.24, 2.45) is 0 Å². The first-order chi connectivity index (χ1) is 2.00. The molecule has 5 heavy (non-hydrogen) atoms. The molecule has 0 aliphatic rings. The van der Waals surface area contributed by atoms with Crippen molar-refractivity contribution in [2.45, 2.75) is 0 Å². The van der Waals surface area contributed by atoms with Gasteiger partial charge in [-0.15, -0.1) is 0 Å². The summed E-state index contributed by atoms with van der Waals surface area (Å²) >= 11 is -6.11. The third kappa shape index (κ3) is 707. The van der Waals surface area contributed by atoms with E-state index in [4.69, 9.17) is 13.9 Å². The van der Waals surface area contributed by atoms with Gasteiger partial charge in [0.05, 0.1) is 0 Å². The van der Waals surface area contributed by atoms with Crippen LogP contribution < -0.4 is 0 Å². The molecule has 0 aromatic carbocycles. The zero-order valence-electron chi connectivity index (χ0n) is 2.01. The molecule has 0 saturated heterocycles. The van der Waals surface area contributed by atoms with Crippen molar-refractivity contribution in [2.75, 3.05) is 0 Å². The van der Waals surface area contributed by atoms with Gasteiger partial charge in [-0.05, 0) is 0 Å². The van der Waals surface area contributed by atoms with Crippen LogP contribution in [0.4, 0.5) is 0 Å². The van der Waals surface area contributed by atoms with Crippen LogP contribution in [0.5, 0.6) is 0 Å². The Morgan fingerprint density at radius 2 is 0.800 bits per heavy atom. The SMILES string of the molecule is [O]=[Re](=[O])(=[O])=[O]. The van der Waals surface area contributed by atoms with Gasteiger partial charge < -0.3 is 0 Å². The second kappa shape index (κ2) is 0.921. The fourth-order valence-corrected chi connectivity index (χ4v) is 0. The van der Waals surface area contributed by atoms with Crippen LogP contribution in [0.1, 0.15) is 0 Å². The topological polar surface area (TPSA) is 68.3 Å². The summed E-state index contributed by atoms with van der Waals surface area (Å²) in [5.74, 6) is 0. The molecule has 0 fully saturated rings. The summed E-state index contributed by atoms with van der Waals surface area (Å²) in [6, 6.07) is 0. The van der Waals surface area contributed by atoms with E-state index in [0.29, 0.717) is 0 Å². The van der Waals surface area contributed by atoms with E-state index < -0.39 is 15.4 Å².